The molecule has 2 nitrogen and oxygen atoms in total. The minimum Gasteiger partial charge on any atom is -0.326 e. The maximum absolute atomic E-state index is 10.4. The molecule has 0 atom stereocenters. The third kappa shape index (κ3) is 6.94. The van der Waals surface area contributed by atoms with Gasteiger partial charge in [-0.3, -0.25) is 4.79 Å². The van der Waals surface area contributed by atoms with Crippen molar-refractivity contribution in [2.75, 3.05) is 0 Å². The van der Waals surface area contributed by atoms with Gasteiger partial charge in [-0.05, 0) is 41.6 Å². The first-order chi connectivity index (χ1) is 9.52. The van der Waals surface area contributed by atoms with E-state index in [0.29, 0.717) is 23.0 Å². The van der Waals surface area contributed by atoms with Crippen LogP contribution in [0.4, 0.5) is 0 Å². The third-order valence-electron chi connectivity index (χ3n) is 3.44. The highest BCUT2D eigenvalue weighted by Gasteiger charge is 2.15. The highest BCUT2D eigenvalue weighted by molar-refractivity contribution is 6.63. The molecule has 1 aromatic carbocycles. The molecule has 0 aliphatic heterocycles. The Hall–Kier alpha value is -0.280. The molecule has 0 bridgehead atoms. The van der Waals surface area contributed by atoms with E-state index >= 15 is 0 Å². The fourth-order valence-electron chi connectivity index (χ4n) is 2.28. The summed E-state index contributed by atoms with van der Waals surface area (Å²) in [4.78, 5) is 10.4. The van der Waals surface area contributed by atoms with Gasteiger partial charge in [0.05, 0.1) is 10.0 Å². The van der Waals surface area contributed by atoms with Crippen LogP contribution in [0.15, 0.2) is 18.2 Å². The normalized spacial score (nSPS) is 14.8. The van der Waals surface area contributed by atoms with E-state index in [0.717, 1.165) is 17.9 Å². The molecule has 2 N–H and O–H groups in total. The second-order valence-electron chi connectivity index (χ2n) is 5.00. The second kappa shape index (κ2) is 9.62. The molecule has 1 aliphatic carbocycles. The number of hydrogen-bond donors (Lipinski definition) is 1. The van der Waals surface area contributed by atoms with Crippen LogP contribution in [0.5, 0.6) is 0 Å². The summed E-state index contributed by atoms with van der Waals surface area (Å²) < 4.78 is 0. The molecule has 1 fully saturated rings. The van der Waals surface area contributed by atoms with Crippen molar-refractivity contribution in [3.8, 4) is 0 Å². The molecule has 5 heteroatoms. The van der Waals surface area contributed by atoms with Gasteiger partial charge in [0.1, 0.15) is 0 Å². The Morgan fingerprint density at radius 1 is 1.20 bits per heavy atom. The van der Waals surface area contributed by atoms with E-state index in [9.17, 15) is 4.79 Å². The summed E-state index contributed by atoms with van der Waals surface area (Å²) in [6, 6.07) is 5.37. The van der Waals surface area contributed by atoms with Crippen LogP contribution in [0.25, 0.3) is 0 Å². The van der Waals surface area contributed by atoms with Crippen molar-refractivity contribution in [2.45, 2.75) is 45.1 Å². The molecule has 0 amide bonds. The zero-order chi connectivity index (χ0) is 15.0. The second-order valence-corrected chi connectivity index (χ2v) is 6.23. The largest absolute Gasteiger partial charge is 0.326 e. The van der Waals surface area contributed by atoms with Crippen molar-refractivity contribution in [3.05, 3.63) is 33.8 Å². The number of hydrogen-bond acceptors (Lipinski definition) is 2. The minimum absolute atomic E-state index is 0.174. The summed E-state index contributed by atoms with van der Waals surface area (Å²) >= 11 is 16.6. The van der Waals surface area contributed by atoms with Crippen LogP contribution < -0.4 is 5.73 Å². The van der Waals surface area contributed by atoms with E-state index in [1.807, 2.05) is 6.07 Å². The van der Waals surface area contributed by atoms with Gasteiger partial charge >= 0.3 is 0 Å². The van der Waals surface area contributed by atoms with Gasteiger partial charge in [0.25, 0.3) is 0 Å². The number of benzene rings is 1. The van der Waals surface area contributed by atoms with E-state index in [-0.39, 0.29) is 5.24 Å². The summed E-state index contributed by atoms with van der Waals surface area (Å²) in [5.41, 5.74) is 6.36. The molecular formula is C15H20Cl3NO. The Kier molecular flexibility index (Phi) is 8.55. The smallest absolute Gasteiger partial charge is 0.221 e. The quantitative estimate of drug-likeness (QED) is 0.770. The molecule has 0 spiro atoms. The predicted molar refractivity (Wildman–Crippen MR) is 86.4 cm³/mol. The Morgan fingerprint density at radius 2 is 1.85 bits per heavy atom. The first-order valence-electron chi connectivity index (χ1n) is 6.85. The Balaban J connectivity index is 0.000000200. The van der Waals surface area contributed by atoms with E-state index < -0.39 is 0 Å². The van der Waals surface area contributed by atoms with Crippen LogP contribution in [0.3, 0.4) is 0 Å². The van der Waals surface area contributed by atoms with Crippen molar-refractivity contribution >= 4 is 40.0 Å². The molecule has 0 aromatic heterocycles. The molecular weight excluding hydrogens is 317 g/mol. The summed E-state index contributed by atoms with van der Waals surface area (Å²) in [5, 5.41) is 0.954. The van der Waals surface area contributed by atoms with Crippen molar-refractivity contribution in [1.82, 2.24) is 0 Å². The van der Waals surface area contributed by atoms with Crippen LogP contribution >= 0.6 is 34.8 Å². The number of nitrogens with two attached hydrogens (primary N) is 1. The average molecular weight is 337 g/mol. The Bertz CT molecular complexity index is 431. The van der Waals surface area contributed by atoms with Gasteiger partial charge < -0.3 is 5.73 Å². The first-order valence-corrected chi connectivity index (χ1v) is 7.98. The van der Waals surface area contributed by atoms with Crippen molar-refractivity contribution < 1.29 is 4.79 Å². The van der Waals surface area contributed by atoms with Crippen LogP contribution in [-0.4, -0.2) is 5.24 Å². The molecule has 20 heavy (non-hydrogen) atoms. The maximum atomic E-state index is 10.4. The van der Waals surface area contributed by atoms with Crippen LogP contribution in [0.1, 0.15) is 44.1 Å². The van der Waals surface area contributed by atoms with E-state index in [4.69, 9.17) is 40.5 Å². The van der Waals surface area contributed by atoms with Crippen LogP contribution in [0, 0.1) is 5.92 Å². The van der Waals surface area contributed by atoms with Crippen molar-refractivity contribution in [1.29, 1.82) is 0 Å². The Morgan fingerprint density at radius 3 is 2.35 bits per heavy atom. The summed E-state index contributed by atoms with van der Waals surface area (Å²) in [7, 11) is 0. The number of carbonyl (C=O) groups is 1. The Labute approximate surface area is 135 Å². The molecule has 0 saturated heterocycles. The van der Waals surface area contributed by atoms with Gasteiger partial charge in [0, 0.05) is 13.0 Å². The van der Waals surface area contributed by atoms with Gasteiger partial charge in [-0.1, -0.05) is 55.0 Å². The topological polar surface area (TPSA) is 43.1 Å². The van der Waals surface area contributed by atoms with Gasteiger partial charge in [0.15, 0.2) is 0 Å². The highest BCUT2D eigenvalue weighted by atomic mass is 35.5. The zero-order valence-corrected chi connectivity index (χ0v) is 13.6. The van der Waals surface area contributed by atoms with Crippen molar-refractivity contribution in [2.24, 2.45) is 11.7 Å². The van der Waals surface area contributed by atoms with E-state index in [2.05, 4.69) is 0 Å². The predicted octanol–water partition coefficient (Wildman–Crippen LogP) is 5.17. The average Bonchev–Trinajstić information content (AvgIpc) is 2.93. The highest BCUT2D eigenvalue weighted by Crippen LogP contribution is 2.28. The number of halogens is 3. The minimum atomic E-state index is -0.174. The molecule has 0 unspecified atom stereocenters. The van der Waals surface area contributed by atoms with Gasteiger partial charge in [-0.2, -0.15) is 0 Å². The SMILES string of the molecule is NCc1ccc(Cl)c(Cl)c1.O=C(Cl)CCC1CCCC1. The molecule has 112 valence electrons. The maximum Gasteiger partial charge on any atom is 0.221 e. The van der Waals surface area contributed by atoms with Crippen LogP contribution in [0.2, 0.25) is 10.0 Å². The lowest BCUT2D eigenvalue weighted by molar-refractivity contribution is -0.111. The first kappa shape index (κ1) is 17.8. The molecule has 2 rings (SSSR count). The molecule has 0 heterocycles. The third-order valence-corrected chi connectivity index (χ3v) is 4.37. The summed E-state index contributed by atoms with van der Waals surface area (Å²) in [6.45, 7) is 0.497. The lowest BCUT2D eigenvalue weighted by Crippen LogP contribution is -1.95. The fraction of sp³-hybridized carbons (Fsp3) is 0.533. The molecule has 1 aliphatic rings. The molecule has 1 aromatic rings. The summed E-state index contributed by atoms with van der Waals surface area (Å²) in [5.74, 6) is 0.794. The van der Waals surface area contributed by atoms with Gasteiger partial charge in [0.2, 0.25) is 5.24 Å². The molecule has 1 saturated carbocycles. The van der Waals surface area contributed by atoms with Gasteiger partial charge in [-0.25, -0.2) is 0 Å². The number of rotatable bonds is 4. The fourth-order valence-corrected chi connectivity index (χ4v) is 2.71. The van der Waals surface area contributed by atoms with Crippen molar-refractivity contribution in [3.63, 3.8) is 0 Å². The van der Waals surface area contributed by atoms with E-state index in [1.165, 1.54) is 25.7 Å². The standard InChI is InChI=1S/C8H13ClO.C7H7Cl2N/c9-8(10)6-5-7-3-1-2-4-7;8-6-2-1-5(4-10)3-7(6)9/h7H,1-6H2;1-3H,4,10H2. The van der Waals surface area contributed by atoms with E-state index in [1.54, 1.807) is 12.1 Å². The summed E-state index contributed by atoms with van der Waals surface area (Å²) in [6.07, 6.45) is 6.91. The molecule has 0 radical (unpaired) electrons. The van der Waals surface area contributed by atoms with Gasteiger partial charge in [-0.15, -0.1) is 0 Å². The van der Waals surface area contributed by atoms with Crippen LogP contribution in [-0.2, 0) is 11.3 Å². The monoisotopic (exact) mass is 335 g/mol. The lowest BCUT2D eigenvalue weighted by atomic mass is 10.0. The lowest BCUT2D eigenvalue weighted by Gasteiger charge is -2.04. The zero-order valence-electron chi connectivity index (χ0n) is 11.4. The number of carbonyl (C=O) groups excluding carboxylic acids is 1.